The monoisotopic (exact) mass is 290 g/mol. The van der Waals surface area contributed by atoms with Crippen molar-refractivity contribution in [2.24, 2.45) is 5.73 Å². The zero-order valence-electron chi connectivity index (χ0n) is 10.5. The van der Waals surface area contributed by atoms with E-state index >= 15 is 0 Å². The van der Waals surface area contributed by atoms with E-state index in [1.54, 1.807) is 0 Å². The Morgan fingerprint density at radius 2 is 2.00 bits per heavy atom. The summed E-state index contributed by atoms with van der Waals surface area (Å²) >= 11 is 0. The van der Waals surface area contributed by atoms with E-state index in [-0.39, 0.29) is 17.9 Å². The van der Waals surface area contributed by atoms with E-state index in [0.29, 0.717) is 5.56 Å². The molecule has 0 spiro atoms. The minimum atomic E-state index is -3.40. The zero-order valence-corrected chi connectivity index (χ0v) is 10.5. The molecular weight excluding hydrogens is 274 g/mol. The van der Waals surface area contributed by atoms with Crippen LogP contribution in [0.4, 0.5) is 8.78 Å². The molecule has 6 N–H and O–H groups in total. The molecule has 0 heterocycles. The zero-order chi connectivity index (χ0) is 15.3. The highest BCUT2D eigenvalue weighted by Gasteiger charge is 2.29. The van der Waals surface area contributed by atoms with Crippen LogP contribution in [0.15, 0.2) is 18.2 Å². The van der Waals surface area contributed by atoms with E-state index in [1.807, 2.05) is 5.32 Å². The molecular formula is C12H16F2N2O4. The largest absolute Gasteiger partial charge is 0.504 e. The molecule has 1 rings (SSSR count). The lowest BCUT2D eigenvalue weighted by Gasteiger charge is -2.17. The first-order chi connectivity index (χ1) is 9.25. The molecule has 0 radical (unpaired) electrons. The highest BCUT2D eigenvalue weighted by Crippen LogP contribution is 2.25. The quantitative estimate of drug-likeness (QED) is 0.462. The Morgan fingerprint density at radius 1 is 1.35 bits per heavy atom. The Labute approximate surface area is 113 Å². The molecule has 1 aromatic rings. The van der Waals surface area contributed by atoms with E-state index < -0.39 is 31.0 Å². The summed E-state index contributed by atoms with van der Waals surface area (Å²) in [5.41, 5.74) is 6.01. The molecule has 1 aromatic carbocycles. The van der Waals surface area contributed by atoms with Gasteiger partial charge in [-0.05, 0) is 24.1 Å². The third kappa shape index (κ3) is 4.63. The molecule has 0 bridgehead atoms. The molecule has 0 saturated heterocycles. The number of rotatable bonds is 6. The highest BCUT2D eigenvalue weighted by molar-refractivity contribution is 5.81. The predicted octanol–water partition coefficient (Wildman–Crippen LogP) is -0.289. The summed E-state index contributed by atoms with van der Waals surface area (Å²) in [4.78, 5) is 11.5. The number of aliphatic hydroxyl groups is 1. The number of amides is 1. The minimum absolute atomic E-state index is 0.00434. The number of hydrogen-bond donors (Lipinski definition) is 5. The van der Waals surface area contributed by atoms with Gasteiger partial charge in [-0.15, -0.1) is 0 Å². The van der Waals surface area contributed by atoms with Gasteiger partial charge in [0.05, 0.1) is 12.6 Å². The summed E-state index contributed by atoms with van der Waals surface area (Å²) in [6, 6.07) is 2.82. The number of carbonyl (C=O) groups excluding carboxylic acids is 1. The number of carbonyl (C=O) groups is 1. The smallest absolute Gasteiger partial charge is 0.287 e. The van der Waals surface area contributed by atoms with Crippen LogP contribution in [0.2, 0.25) is 0 Å². The molecule has 0 saturated carbocycles. The van der Waals surface area contributed by atoms with Crippen LogP contribution in [0.5, 0.6) is 11.5 Å². The second kappa shape index (κ2) is 6.49. The van der Waals surface area contributed by atoms with Crippen LogP contribution in [-0.4, -0.2) is 46.3 Å². The molecule has 0 unspecified atom stereocenters. The van der Waals surface area contributed by atoms with E-state index in [4.69, 9.17) is 15.9 Å². The number of phenols is 2. The van der Waals surface area contributed by atoms with Gasteiger partial charge in [-0.25, -0.2) is 8.78 Å². The molecule has 6 nitrogen and oxygen atoms in total. The summed E-state index contributed by atoms with van der Waals surface area (Å²) in [5, 5.41) is 28.7. The third-order valence-electron chi connectivity index (χ3n) is 2.58. The van der Waals surface area contributed by atoms with Crippen LogP contribution in [0, 0.1) is 0 Å². The highest BCUT2D eigenvalue weighted by atomic mass is 19.3. The van der Waals surface area contributed by atoms with E-state index in [2.05, 4.69) is 0 Å². The maximum absolute atomic E-state index is 12.7. The van der Waals surface area contributed by atoms with Crippen LogP contribution in [0.1, 0.15) is 5.56 Å². The fraction of sp³-hybridized carbons (Fsp3) is 0.417. The Kier molecular flexibility index (Phi) is 5.23. The van der Waals surface area contributed by atoms with Crippen molar-refractivity contribution in [1.82, 2.24) is 5.32 Å². The Balaban J connectivity index is 2.55. The van der Waals surface area contributed by atoms with Crippen molar-refractivity contribution in [1.29, 1.82) is 0 Å². The molecule has 1 amide bonds. The molecule has 0 aliphatic rings. The number of alkyl halides is 2. The molecule has 0 fully saturated rings. The van der Waals surface area contributed by atoms with Crippen molar-refractivity contribution in [3.63, 3.8) is 0 Å². The number of aliphatic hydroxyl groups excluding tert-OH is 1. The van der Waals surface area contributed by atoms with E-state index in [9.17, 15) is 18.7 Å². The molecule has 0 aliphatic carbocycles. The molecule has 1 atom stereocenters. The summed E-state index contributed by atoms with van der Waals surface area (Å²) < 4.78 is 25.5. The number of aromatic hydroxyl groups is 2. The van der Waals surface area contributed by atoms with Crippen LogP contribution in [0.25, 0.3) is 0 Å². The van der Waals surface area contributed by atoms with E-state index in [0.717, 1.165) is 0 Å². The first-order valence-electron chi connectivity index (χ1n) is 5.78. The molecule has 8 heteroatoms. The lowest BCUT2D eigenvalue weighted by molar-refractivity contribution is -0.125. The first kappa shape index (κ1) is 16.1. The van der Waals surface area contributed by atoms with Gasteiger partial charge < -0.3 is 26.4 Å². The SMILES string of the molecule is N[C@@H](Cc1ccc(O)c(O)c1)C(=O)NCC(F)(F)CO. The van der Waals surface area contributed by atoms with Crippen molar-refractivity contribution in [3.8, 4) is 11.5 Å². The molecule has 0 aliphatic heterocycles. The number of benzene rings is 1. The van der Waals surface area contributed by atoms with Gasteiger partial charge in [-0.3, -0.25) is 4.79 Å². The van der Waals surface area contributed by atoms with Crippen molar-refractivity contribution in [2.45, 2.75) is 18.4 Å². The van der Waals surface area contributed by atoms with Gasteiger partial charge in [0, 0.05) is 0 Å². The van der Waals surface area contributed by atoms with Crippen LogP contribution in [0.3, 0.4) is 0 Å². The molecule has 112 valence electrons. The third-order valence-corrected chi connectivity index (χ3v) is 2.58. The second-order valence-electron chi connectivity index (χ2n) is 4.37. The summed E-state index contributed by atoms with van der Waals surface area (Å²) in [6.07, 6.45) is 0.00434. The van der Waals surface area contributed by atoms with Gasteiger partial charge in [-0.1, -0.05) is 6.07 Å². The molecule has 0 aromatic heterocycles. The summed E-state index contributed by atoms with van der Waals surface area (Å²) in [7, 11) is 0. The number of hydrogen-bond acceptors (Lipinski definition) is 5. The van der Waals surface area contributed by atoms with Crippen LogP contribution < -0.4 is 11.1 Å². The topological polar surface area (TPSA) is 116 Å². The molecule has 20 heavy (non-hydrogen) atoms. The standard InChI is InChI=1S/C12H16F2N2O4/c13-12(14,6-17)5-16-11(20)8(15)3-7-1-2-9(18)10(19)4-7/h1-2,4,8,17-19H,3,5-6,15H2,(H,16,20)/t8-/m0/s1. The Hall–Kier alpha value is -1.93. The predicted molar refractivity (Wildman–Crippen MR) is 66.5 cm³/mol. The summed E-state index contributed by atoms with van der Waals surface area (Å²) in [5.74, 6) is -4.87. The van der Waals surface area contributed by atoms with Gasteiger partial charge in [0.2, 0.25) is 5.91 Å². The van der Waals surface area contributed by atoms with Crippen molar-refractivity contribution >= 4 is 5.91 Å². The second-order valence-corrected chi connectivity index (χ2v) is 4.37. The van der Waals surface area contributed by atoms with Gasteiger partial charge in [0.25, 0.3) is 5.92 Å². The average Bonchev–Trinajstić information content (AvgIpc) is 2.40. The summed E-state index contributed by atoms with van der Waals surface area (Å²) in [6.45, 7) is -2.37. The number of nitrogens with two attached hydrogens (primary N) is 1. The van der Waals surface area contributed by atoms with Crippen LogP contribution >= 0.6 is 0 Å². The minimum Gasteiger partial charge on any atom is -0.504 e. The van der Waals surface area contributed by atoms with Crippen molar-refractivity contribution in [3.05, 3.63) is 23.8 Å². The van der Waals surface area contributed by atoms with Gasteiger partial charge in [0.15, 0.2) is 11.5 Å². The first-order valence-corrected chi connectivity index (χ1v) is 5.78. The van der Waals surface area contributed by atoms with Crippen molar-refractivity contribution in [2.75, 3.05) is 13.2 Å². The fourth-order valence-corrected chi connectivity index (χ4v) is 1.45. The van der Waals surface area contributed by atoms with Gasteiger partial charge in [-0.2, -0.15) is 0 Å². The lowest BCUT2D eigenvalue weighted by atomic mass is 10.1. The van der Waals surface area contributed by atoms with E-state index in [1.165, 1.54) is 18.2 Å². The normalized spacial score (nSPS) is 13.0. The number of nitrogens with one attached hydrogen (secondary N) is 1. The van der Waals surface area contributed by atoms with Crippen LogP contribution in [-0.2, 0) is 11.2 Å². The van der Waals surface area contributed by atoms with Gasteiger partial charge >= 0.3 is 0 Å². The Morgan fingerprint density at radius 3 is 2.55 bits per heavy atom. The lowest BCUT2D eigenvalue weighted by Crippen LogP contribution is -2.47. The Bertz CT molecular complexity index is 483. The maximum Gasteiger partial charge on any atom is 0.287 e. The average molecular weight is 290 g/mol. The maximum atomic E-state index is 12.7. The number of halogens is 2. The van der Waals surface area contributed by atoms with Crippen molar-refractivity contribution < 1.29 is 28.9 Å². The number of phenolic OH excluding ortho intramolecular Hbond substituents is 2. The fourth-order valence-electron chi connectivity index (χ4n) is 1.45. The van der Waals surface area contributed by atoms with Gasteiger partial charge in [0.1, 0.15) is 6.61 Å².